The second-order valence-electron chi connectivity index (χ2n) is 12.6. The number of hydrogen-bond donors (Lipinski definition) is 1. The number of aryl methyl sites for hydroxylation is 1. The highest BCUT2D eigenvalue weighted by Crippen LogP contribution is 2.33. The summed E-state index contributed by atoms with van der Waals surface area (Å²) < 4.78 is 84.1. The molecule has 1 unspecified atom stereocenters. The van der Waals surface area contributed by atoms with Gasteiger partial charge in [-0.15, -0.1) is 5.01 Å². The molecule has 52 heavy (non-hydrogen) atoms. The summed E-state index contributed by atoms with van der Waals surface area (Å²) in [6.45, 7) is 8.07. The topological polar surface area (TPSA) is 194 Å². The van der Waals surface area contributed by atoms with Gasteiger partial charge in [0.15, 0.2) is 5.69 Å². The Hall–Kier alpha value is -5.40. The molecule has 0 spiro atoms. The van der Waals surface area contributed by atoms with E-state index in [0.29, 0.717) is 12.0 Å². The van der Waals surface area contributed by atoms with E-state index in [4.69, 9.17) is 19.0 Å². The third-order valence-electron chi connectivity index (χ3n) is 7.23. The quantitative estimate of drug-likeness (QED) is 0.0792. The van der Waals surface area contributed by atoms with E-state index < -0.39 is 70.7 Å². The first-order chi connectivity index (χ1) is 24.2. The highest BCUT2D eigenvalue weighted by molar-refractivity contribution is 7.90. The van der Waals surface area contributed by atoms with Crippen molar-refractivity contribution in [2.24, 2.45) is 5.28 Å². The fourth-order valence-electron chi connectivity index (χ4n) is 4.56. The fourth-order valence-corrected chi connectivity index (χ4v) is 5.57. The molecule has 1 aromatic heterocycles. The van der Waals surface area contributed by atoms with Crippen LogP contribution in [0.2, 0.25) is 0 Å². The van der Waals surface area contributed by atoms with E-state index in [-0.39, 0.29) is 34.4 Å². The SMILES string of the molecule is Cc1ccc(-c2cc(C(F)(F)F)nn2-c2ccc(S(=O)(=O)NC(=O)CCC(=O)OC[C@@H]3CCN3/[N+]([O-])=N\OC(C)OC(=O)OC(C)(C)C)cc2)cc1. The van der Waals surface area contributed by atoms with Crippen LogP contribution in [0.15, 0.2) is 64.8 Å². The minimum atomic E-state index is -4.73. The second-order valence-corrected chi connectivity index (χ2v) is 14.3. The van der Waals surface area contributed by atoms with Gasteiger partial charge in [-0.25, -0.2) is 22.6 Å². The number of amides is 1. The van der Waals surface area contributed by atoms with E-state index in [0.717, 1.165) is 28.4 Å². The average Bonchev–Trinajstić information content (AvgIpc) is 3.48. The summed E-state index contributed by atoms with van der Waals surface area (Å²) in [6, 6.07) is 11.7. The zero-order valence-corrected chi connectivity index (χ0v) is 29.6. The van der Waals surface area contributed by atoms with Crippen molar-refractivity contribution in [1.82, 2.24) is 19.5 Å². The number of esters is 1. The lowest BCUT2D eigenvalue weighted by Gasteiger charge is -2.34. The Morgan fingerprint density at radius 2 is 1.73 bits per heavy atom. The molecular formula is C32H37F3N6O10S. The monoisotopic (exact) mass is 754 g/mol. The second kappa shape index (κ2) is 15.9. The first kappa shape index (κ1) is 39.4. The minimum absolute atomic E-state index is 0.111. The molecule has 0 radical (unpaired) electrons. The number of carbonyl (C=O) groups is 3. The zero-order chi connectivity index (χ0) is 38.4. The summed E-state index contributed by atoms with van der Waals surface area (Å²) in [5.41, 5.74) is -0.333. The van der Waals surface area contributed by atoms with Gasteiger partial charge in [0.1, 0.15) is 18.2 Å². The van der Waals surface area contributed by atoms with Crippen molar-refractivity contribution >= 4 is 28.1 Å². The Morgan fingerprint density at radius 3 is 2.31 bits per heavy atom. The van der Waals surface area contributed by atoms with Crippen LogP contribution in [-0.2, 0) is 44.8 Å². The van der Waals surface area contributed by atoms with Crippen molar-refractivity contribution in [1.29, 1.82) is 0 Å². The van der Waals surface area contributed by atoms with Crippen LogP contribution < -0.4 is 4.72 Å². The van der Waals surface area contributed by atoms with Crippen LogP contribution in [0.25, 0.3) is 16.9 Å². The number of carbonyl (C=O) groups excluding carboxylic acids is 3. The van der Waals surface area contributed by atoms with E-state index in [9.17, 15) is 41.2 Å². The molecule has 2 aromatic carbocycles. The first-order valence-corrected chi connectivity index (χ1v) is 17.3. The van der Waals surface area contributed by atoms with Crippen LogP contribution in [-0.4, -0.2) is 77.3 Å². The number of aromatic nitrogens is 2. The highest BCUT2D eigenvalue weighted by atomic mass is 32.2. The Labute approximate surface area is 296 Å². The van der Waals surface area contributed by atoms with Crippen LogP contribution in [0.5, 0.6) is 0 Å². The van der Waals surface area contributed by atoms with Crippen LogP contribution >= 0.6 is 0 Å². The van der Waals surface area contributed by atoms with Gasteiger partial charge in [-0.05, 0) is 64.4 Å². The molecule has 16 nitrogen and oxygen atoms in total. The first-order valence-electron chi connectivity index (χ1n) is 15.8. The molecule has 2 heterocycles. The third kappa shape index (κ3) is 10.8. The summed E-state index contributed by atoms with van der Waals surface area (Å²) in [7, 11) is -4.42. The number of hydrogen-bond acceptors (Lipinski definition) is 12. The van der Waals surface area contributed by atoms with E-state index in [1.807, 2.05) is 11.6 Å². The molecule has 0 aliphatic carbocycles. The molecule has 282 valence electrons. The number of hydrazine groups is 1. The van der Waals surface area contributed by atoms with Gasteiger partial charge in [0, 0.05) is 18.9 Å². The maximum Gasteiger partial charge on any atom is 0.511 e. The van der Waals surface area contributed by atoms with Gasteiger partial charge in [0.2, 0.25) is 11.2 Å². The van der Waals surface area contributed by atoms with Crippen molar-refractivity contribution < 1.29 is 60.0 Å². The predicted molar refractivity (Wildman–Crippen MR) is 173 cm³/mol. The van der Waals surface area contributed by atoms with Gasteiger partial charge in [-0.3, -0.25) is 14.4 Å². The van der Waals surface area contributed by atoms with Crippen molar-refractivity contribution in [3.05, 3.63) is 71.1 Å². The van der Waals surface area contributed by atoms with Crippen molar-refractivity contribution in [2.75, 3.05) is 13.2 Å². The number of halogens is 3. The molecule has 2 atom stereocenters. The normalized spacial score (nSPS) is 15.7. The molecule has 0 bridgehead atoms. The van der Waals surface area contributed by atoms with Crippen molar-refractivity contribution in [2.45, 2.75) is 82.9 Å². The number of ether oxygens (including phenoxy) is 3. The van der Waals surface area contributed by atoms with E-state index >= 15 is 0 Å². The lowest BCUT2D eigenvalue weighted by molar-refractivity contribution is -0.734. The van der Waals surface area contributed by atoms with Gasteiger partial charge in [-0.2, -0.15) is 18.3 Å². The molecular weight excluding hydrogens is 717 g/mol. The standard InChI is InChI=1S/C32H37F3N6O10S/c1-20-6-8-22(9-7-20)26-18-27(32(33,34)35)36-40(26)23-10-12-25(13-11-23)52(46,47)37-28(42)14-15-29(43)48-19-24-16-17-39(24)41(45)38-51-21(2)49-30(44)50-31(3,4)5/h6-13,18,21,24H,14-17,19H2,1-5H3,(H,37,42)/b41-38+/t21?,24-/m0/s1. The molecule has 1 aliphatic rings. The number of alkyl halides is 3. The smallest absolute Gasteiger partial charge is 0.511 e. The van der Waals surface area contributed by atoms with Crippen LogP contribution in [0.1, 0.15) is 58.2 Å². The van der Waals surface area contributed by atoms with E-state index in [1.54, 1.807) is 45.0 Å². The van der Waals surface area contributed by atoms with Gasteiger partial charge < -0.3 is 19.4 Å². The molecule has 1 fully saturated rings. The van der Waals surface area contributed by atoms with Crippen LogP contribution in [0, 0.1) is 12.1 Å². The van der Waals surface area contributed by atoms with Crippen LogP contribution in [0.4, 0.5) is 18.0 Å². The Morgan fingerprint density at radius 1 is 1.08 bits per heavy atom. The lowest BCUT2D eigenvalue weighted by atomic mass is 10.1. The molecule has 1 saturated heterocycles. The molecule has 3 aromatic rings. The zero-order valence-electron chi connectivity index (χ0n) is 28.7. The third-order valence-corrected chi connectivity index (χ3v) is 8.62. The van der Waals surface area contributed by atoms with E-state index in [1.165, 1.54) is 24.1 Å². The molecule has 1 N–H and O–H groups in total. The summed E-state index contributed by atoms with van der Waals surface area (Å²) in [6.07, 6.45) is -7.57. The number of nitrogens with one attached hydrogen (secondary N) is 1. The summed E-state index contributed by atoms with van der Waals surface area (Å²) >= 11 is 0. The van der Waals surface area contributed by atoms with Crippen molar-refractivity contribution in [3.63, 3.8) is 0 Å². The molecule has 1 aliphatic heterocycles. The highest BCUT2D eigenvalue weighted by Gasteiger charge is 2.37. The Balaban J connectivity index is 1.26. The number of nitrogens with zero attached hydrogens (tertiary/aromatic N) is 5. The molecule has 1 amide bonds. The number of sulfonamides is 1. The van der Waals surface area contributed by atoms with Gasteiger partial charge in [0.05, 0.1) is 34.2 Å². The maximum atomic E-state index is 13.5. The Bertz CT molecular complexity index is 1890. The average molecular weight is 755 g/mol. The molecule has 4 rings (SSSR count). The van der Waals surface area contributed by atoms with E-state index in [2.05, 4.69) is 10.4 Å². The fraction of sp³-hybridized carbons (Fsp3) is 0.438. The molecule has 0 saturated carbocycles. The summed E-state index contributed by atoms with van der Waals surface area (Å²) in [4.78, 5) is 40.9. The number of rotatable bonds is 13. The predicted octanol–water partition coefficient (Wildman–Crippen LogP) is 5.18. The van der Waals surface area contributed by atoms with Gasteiger partial charge in [0.25, 0.3) is 16.3 Å². The van der Waals surface area contributed by atoms with Crippen molar-refractivity contribution in [3.8, 4) is 16.9 Å². The molecule has 20 heteroatoms. The Kier molecular flexibility index (Phi) is 12.0. The minimum Gasteiger partial charge on any atom is -0.569 e. The number of benzene rings is 2. The van der Waals surface area contributed by atoms with Crippen LogP contribution in [0.3, 0.4) is 0 Å². The summed E-state index contributed by atoms with van der Waals surface area (Å²) in [5.74, 6) is -1.85. The maximum absolute atomic E-state index is 13.5. The summed E-state index contributed by atoms with van der Waals surface area (Å²) in [5, 5.41) is 20.4. The van der Waals surface area contributed by atoms with Gasteiger partial charge >= 0.3 is 18.3 Å². The van der Waals surface area contributed by atoms with Gasteiger partial charge in [-0.1, -0.05) is 29.8 Å². The largest absolute Gasteiger partial charge is 0.569 e. The lowest BCUT2D eigenvalue weighted by Crippen LogP contribution is -2.53.